The fourth-order valence-corrected chi connectivity index (χ4v) is 3.00. The van der Waals surface area contributed by atoms with Crippen molar-refractivity contribution in [3.8, 4) is 0 Å². The molecule has 3 amide bonds. The molecule has 0 aromatic rings. The Morgan fingerprint density at radius 2 is 1.57 bits per heavy atom. The highest BCUT2D eigenvalue weighted by Crippen LogP contribution is 2.17. The average Bonchev–Trinajstić information content (AvgIpc) is 2.76. The van der Waals surface area contributed by atoms with Crippen LogP contribution < -0.4 is 0 Å². The minimum atomic E-state index is -0.561. The van der Waals surface area contributed by atoms with E-state index in [-0.39, 0.29) is 24.3 Å². The predicted octanol–water partition coefficient (Wildman–Crippen LogP) is 0.467. The minimum absolute atomic E-state index is 0.0178. The van der Waals surface area contributed by atoms with Gasteiger partial charge in [-0.15, -0.1) is 0 Å². The van der Waals surface area contributed by atoms with Crippen molar-refractivity contribution < 1.29 is 14.4 Å². The first-order valence-corrected chi connectivity index (χ1v) is 7.78. The number of amides is 3. The Hall–Kier alpha value is -1.59. The number of hydrogen-bond donors (Lipinski definition) is 0. The Balaban J connectivity index is 2.04. The van der Waals surface area contributed by atoms with Crippen molar-refractivity contribution in [2.75, 3.05) is 26.7 Å². The number of likely N-dealkylation sites (N-methyl/N-ethyl adjacent to an activating group) is 1. The van der Waals surface area contributed by atoms with Gasteiger partial charge in [-0.25, -0.2) is 0 Å². The topological polar surface area (TPSA) is 60.9 Å². The van der Waals surface area contributed by atoms with Crippen molar-refractivity contribution in [1.82, 2.24) is 14.7 Å². The molecule has 21 heavy (non-hydrogen) atoms. The highest BCUT2D eigenvalue weighted by Gasteiger charge is 2.40. The summed E-state index contributed by atoms with van der Waals surface area (Å²) in [6.07, 6.45) is 4.35. The van der Waals surface area contributed by atoms with E-state index >= 15 is 0 Å². The lowest BCUT2D eigenvalue weighted by molar-refractivity contribution is -0.160. The maximum atomic E-state index is 12.4. The molecule has 118 valence electrons. The summed E-state index contributed by atoms with van der Waals surface area (Å²) in [5.74, 6) is -0.291. The first-order chi connectivity index (χ1) is 9.93. The van der Waals surface area contributed by atoms with Gasteiger partial charge in [0.1, 0.15) is 18.6 Å². The van der Waals surface area contributed by atoms with Gasteiger partial charge >= 0.3 is 0 Å². The zero-order valence-electron chi connectivity index (χ0n) is 13.2. The number of hydrogen-bond acceptors (Lipinski definition) is 3. The maximum absolute atomic E-state index is 12.4. The van der Waals surface area contributed by atoms with Gasteiger partial charge in [0.2, 0.25) is 17.7 Å². The van der Waals surface area contributed by atoms with Crippen molar-refractivity contribution in [2.24, 2.45) is 0 Å². The molecule has 2 fully saturated rings. The fraction of sp³-hybridized carbons (Fsp3) is 0.800. The highest BCUT2D eigenvalue weighted by molar-refractivity contribution is 5.98. The van der Waals surface area contributed by atoms with E-state index < -0.39 is 12.1 Å². The Morgan fingerprint density at radius 1 is 1.00 bits per heavy atom. The second kappa shape index (κ2) is 6.45. The summed E-state index contributed by atoms with van der Waals surface area (Å²) in [6.45, 7) is 4.94. The van der Waals surface area contributed by atoms with E-state index in [9.17, 15) is 14.4 Å². The SMILES string of the molecule is C[C@H]1C(=O)N(CC(=O)N2CCCCCC2)[C@@H](C)C(=O)N1C. The van der Waals surface area contributed by atoms with Crippen LogP contribution in [0.25, 0.3) is 0 Å². The van der Waals surface area contributed by atoms with Crippen LogP contribution in [-0.2, 0) is 14.4 Å². The zero-order chi connectivity index (χ0) is 15.6. The van der Waals surface area contributed by atoms with Gasteiger partial charge in [-0.3, -0.25) is 14.4 Å². The predicted molar refractivity (Wildman–Crippen MR) is 78.5 cm³/mol. The summed E-state index contributed by atoms with van der Waals surface area (Å²) in [4.78, 5) is 41.6. The number of nitrogens with zero attached hydrogens (tertiary/aromatic N) is 3. The van der Waals surface area contributed by atoms with Gasteiger partial charge in [0, 0.05) is 20.1 Å². The van der Waals surface area contributed by atoms with E-state index in [0.717, 1.165) is 38.8 Å². The van der Waals surface area contributed by atoms with Crippen LogP contribution in [0.1, 0.15) is 39.5 Å². The molecule has 6 heteroatoms. The van der Waals surface area contributed by atoms with Crippen molar-refractivity contribution in [3.63, 3.8) is 0 Å². The number of carbonyl (C=O) groups is 3. The van der Waals surface area contributed by atoms with Gasteiger partial charge in [-0.2, -0.15) is 0 Å². The molecular weight excluding hydrogens is 270 g/mol. The van der Waals surface area contributed by atoms with E-state index in [1.54, 1.807) is 20.9 Å². The summed E-state index contributed by atoms with van der Waals surface area (Å²) in [6, 6.07) is -1.06. The second-order valence-electron chi connectivity index (χ2n) is 6.06. The van der Waals surface area contributed by atoms with Crippen LogP contribution in [0.2, 0.25) is 0 Å². The van der Waals surface area contributed by atoms with Crippen molar-refractivity contribution >= 4 is 17.7 Å². The average molecular weight is 295 g/mol. The number of rotatable bonds is 2. The molecule has 6 nitrogen and oxygen atoms in total. The summed E-state index contributed by atoms with van der Waals surface area (Å²) < 4.78 is 0. The molecule has 2 heterocycles. The first kappa shape index (κ1) is 15.8. The number of carbonyl (C=O) groups excluding carboxylic acids is 3. The van der Waals surface area contributed by atoms with E-state index in [0.29, 0.717) is 0 Å². The standard InChI is InChI=1S/C15H25N3O3/c1-11-15(21)18(12(2)14(20)16(11)3)10-13(19)17-8-6-4-5-7-9-17/h11-12H,4-10H2,1-3H3/t11-,12-/m0/s1. The summed E-state index contributed by atoms with van der Waals surface area (Å²) in [5.41, 5.74) is 0. The molecule has 2 saturated heterocycles. The lowest BCUT2D eigenvalue weighted by atomic mass is 10.1. The third kappa shape index (κ3) is 3.19. The quantitative estimate of drug-likeness (QED) is 0.744. The largest absolute Gasteiger partial charge is 0.341 e. The molecule has 0 radical (unpaired) electrons. The normalized spacial score (nSPS) is 27.9. The minimum Gasteiger partial charge on any atom is -0.341 e. The van der Waals surface area contributed by atoms with Crippen LogP contribution in [0.5, 0.6) is 0 Å². The van der Waals surface area contributed by atoms with E-state index in [1.165, 1.54) is 9.80 Å². The monoisotopic (exact) mass is 295 g/mol. The van der Waals surface area contributed by atoms with Gasteiger partial charge in [-0.1, -0.05) is 12.8 Å². The molecule has 0 aromatic carbocycles. The van der Waals surface area contributed by atoms with E-state index in [1.807, 2.05) is 4.90 Å². The highest BCUT2D eigenvalue weighted by atomic mass is 16.2. The third-order valence-electron chi connectivity index (χ3n) is 4.66. The van der Waals surface area contributed by atoms with Crippen LogP contribution >= 0.6 is 0 Å². The van der Waals surface area contributed by atoms with Gasteiger partial charge in [-0.05, 0) is 26.7 Å². The van der Waals surface area contributed by atoms with Crippen LogP contribution in [0.4, 0.5) is 0 Å². The molecular formula is C15H25N3O3. The first-order valence-electron chi connectivity index (χ1n) is 7.78. The molecule has 0 unspecified atom stereocenters. The third-order valence-corrected chi connectivity index (χ3v) is 4.66. The van der Waals surface area contributed by atoms with Crippen LogP contribution in [0.15, 0.2) is 0 Å². The van der Waals surface area contributed by atoms with Gasteiger partial charge in [0.25, 0.3) is 0 Å². The molecule has 0 aromatic heterocycles. The van der Waals surface area contributed by atoms with Crippen LogP contribution in [-0.4, -0.2) is 71.2 Å². The Bertz CT molecular complexity index is 430. The smallest absolute Gasteiger partial charge is 0.246 e. The van der Waals surface area contributed by atoms with Crippen molar-refractivity contribution in [3.05, 3.63) is 0 Å². The summed E-state index contributed by atoms with van der Waals surface area (Å²) >= 11 is 0. The maximum Gasteiger partial charge on any atom is 0.246 e. The van der Waals surface area contributed by atoms with Crippen molar-refractivity contribution in [2.45, 2.75) is 51.6 Å². The van der Waals surface area contributed by atoms with Gasteiger partial charge < -0.3 is 14.7 Å². The molecule has 0 spiro atoms. The van der Waals surface area contributed by atoms with Crippen LogP contribution in [0.3, 0.4) is 0 Å². The molecule has 2 aliphatic heterocycles. The Morgan fingerprint density at radius 3 is 2.14 bits per heavy atom. The summed E-state index contributed by atoms with van der Waals surface area (Å²) in [7, 11) is 1.63. The molecule has 0 bridgehead atoms. The van der Waals surface area contributed by atoms with Crippen LogP contribution in [0, 0.1) is 0 Å². The molecule has 2 aliphatic rings. The Labute approximate surface area is 126 Å². The molecule has 0 aliphatic carbocycles. The molecule has 2 atom stereocenters. The summed E-state index contributed by atoms with van der Waals surface area (Å²) in [5, 5.41) is 0. The molecule has 2 rings (SSSR count). The lowest BCUT2D eigenvalue weighted by Crippen LogP contribution is -2.63. The van der Waals surface area contributed by atoms with E-state index in [2.05, 4.69) is 0 Å². The van der Waals surface area contributed by atoms with Gasteiger partial charge in [0.05, 0.1) is 0 Å². The Kier molecular flexibility index (Phi) is 4.85. The molecule has 0 N–H and O–H groups in total. The fourth-order valence-electron chi connectivity index (χ4n) is 3.00. The number of piperazine rings is 1. The lowest BCUT2D eigenvalue weighted by Gasteiger charge is -2.41. The van der Waals surface area contributed by atoms with Gasteiger partial charge in [0.15, 0.2) is 0 Å². The zero-order valence-corrected chi connectivity index (χ0v) is 13.2. The van der Waals surface area contributed by atoms with E-state index in [4.69, 9.17) is 0 Å². The number of likely N-dealkylation sites (tertiary alicyclic amines) is 1. The second-order valence-corrected chi connectivity index (χ2v) is 6.06. The van der Waals surface area contributed by atoms with Crippen molar-refractivity contribution in [1.29, 1.82) is 0 Å². The molecule has 0 saturated carbocycles.